The largest absolute Gasteiger partial charge is 0.454 e. The molecule has 1 N–H and O–H groups in total. The van der Waals surface area contributed by atoms with E-state index in [0.29, 0.717) is 18.0 Å². The lowest BCUT2D eigenvalue weighted by atomic mass is 10.0. The summed E-state index contributed by atoms with van der Waals surface area (Å²) in [5, 5.41) is 3.28. The second-order valence-electron chi connectivity index (χ2n) is 9.44. The van der Waals surface area contributed by atoms with Crippen LogP contribution >= 0.6 is 0 Å². The van der Waals surface area contributed by atoms with Crippen LogP contribution in [0.3, 0.4) is 0 Å². The van der Waals surface area contributed by atoms with E-state index in [2.05, 4.69) is 12.2 Å². The summed E-state index contributed by atoms with van der Waals surface area (Å²) in [5.74, 6) is -0.0623. The van der Waals surface area contributed by atoms with Crippen molar-refractivity contribution in [3.63, 3.8) is 0 Å². The quantitative estimate of drug-likeness (QED) is 0.151. The van der Waals surface area contributed by atoms with Crippen LogP contribution in [0.5, 0.6) is 11.5 Å². The van der Waals surface area contributed by atoms with Crippen LogP contribution in [0.4, 0.5) is 5.69 Å². The molecule has 0 heterocycles. The molecule has 4 rings (SSSR count). The first-order chi connectivity index (χ1) is 19.3. The van der Waals surface area contributed by atoms with E-state index in [9.17, 15) is 13.2 Å². The molecule has 0 bridgehead atoms. The van der Waals surface area contributed by atoms with Gasteiger partial charge in [0.25, 0.3) is 0 Å². The highest BCUT2D eigenvalue weighted by Crippen LogP contribution is 2.39. The Bertz CT molecular complexity index is 1470. The van der Waals surface area contributed by atoms with Gasteiger partial charge in [-0.3, -0.25) is 0 Å². The Kier molecular flexibility index (Phi) is 9.58. The Morgan fingerprint density at radius 2 is 1.40 bits per heavy atom. The Morgan fingerprint density at radius 1 is 0.850 bits per heavy atom. The van der Waals surface area contributed by atoms with Gasteiger partial charge in [0, 0.05) is 20.6 Å². The number of benzene rings is 4. The van der Waals surface area contributed by atoms with E-state index in [1.54, 1.807) is 30.3 Å². The molecule has 8 heteroatoms. The number of para-hydroxylation sites is 1. The van der Waals surface area contributed by atoms with E-state index >= 15 is 0 Å². The predicted octanol–water partition coefficient (Wildman–Crippen LogP) is 6.89. The molecule has 0 fully saturated rings. The Morgan fingerprint density at radius 3 is 1.93 bits per heavy atom. The van der Waals surface area contributed by atoms with Crippen LogP contribution in [0.2, 0.25) is 0 Å². The monoisotopic (exact) mass is 558 g/mol. The van der Waals surface area contributed by atoms with Gasteiger partial charge in [-0.25, -0.2) is 17.5 Å². The fraction of sp³-hybridized carbons (Fsp3) is 0.219. The zero-order valence-electron chi connectivity index (χ0n) is 22.9. The number of ether oxygens (including phenoxy) is 2. The summed E-state index contributed by atoms with van der Waals surface area (Å²) < 4.78 is 40.4. The summed E-state index contributed by atoms with van der Waals surface area (Å²) >= 11 is 0. The lowest BCUT2D eigenvalue weighted by Crippen LogP contribution is -2.24. The van der Waals surface area contributed by atoms with Crippen LogP contribution in [-0.4, -0.2) is 39.3 Å². The third-order valence-electron chi connectivity index (χ3n) is 6.29. The predicted molar refractivity (Wildman–Crippen MR) is 157 cm³/mol. The number of carbonyl (C=O) groups is 1. The van der Waals surface area contributed by atoms with E-state index in [1.165, 1.54) is 20.2 Å². The van der Waals surface area contributed by atoms with E-state index in [1.807, 2.05) is 66.7 Å². The third kappa shape index (κ3) is 6.89. The van der Waals surface area contributed by atoms with Crippen molar-refractivity contribution in [2.24, 2.45) is 0 Å². The van der Waals surface area contributed by atoms with Crippen LogP contribution in [-0.2, 0) is 14.8 Å². The van der Waals surface area contributed by atoms with Gasteiger partial charge in [0.1, 0.15) is 10.6 Å². The number of sulfonamides is 1. The molecule has 0 unspecified atom stereocenters. The van der Waals surface area contributed by atoms with Crippen molar-refractivity contribution in [3.8, 4) is 11.5 Å². The lowest BCUT2D eigenvalue weighted by molar-refractivity contribution is 0.0378. The highest BCUT2D eigenvalue weighted by atomic mass is 32.2. The van der Waals surface area contributed by atoms with Gasteiger partial charge in [-0.15, -0.1) is 0 Å². The average Bonchev–Trinajstić information content (AvgIpc) is 2.97. The highest BCUT2D eigenvalue weighted by molar-refractivity contribution is 7.89. The van der Waals surface area contributed by atoms with Gasteiger partial charge in [-0.05, 0) is 41.8 Å². The molecule has 0 radical (unpaired) electrons. The molecular weight excluding hydrogens is 524 g/mol. The number of rotatable bonds is 12. The molecule has 4 aromatic rings. The fourth-order valence-corrected chi connectivity index (χ4v) is 5.17. The van der Waals surface area contributed by atoms with Crippen LogP contribution in [0.25, 0.3) is 0 Å². The molecule has 7 nitrogen and oxygen atoms in total. The minimum absolute atomic E-state index is 0.0942. The zero-order valence-corrected chi connectivity index (χ0v) is 23.7. The second kappa shape index (κ2) is 13.3. The van der Waals surface area contributed by atoms with Crippen molar-refractivity contribution >= 4 is 21.7 Å². The van der Waals surface area contributed by atoms with E-state index in [-0.39, 0.29) is 16.2 Å². The van der Waals surface area contributed by atoms with Crippen LogP contribution in [0, 0.1) is 0 Å². The van der Waals surface area contributed by atoms with E-state index < -0.39 is 22.1 Å². The van der Waals surface area contributed by atoms with Crippen LogP contribution < -0.4 is 10.1 Å². The van der Waals surface area contributed by atoms with Gasteiger partial charge in [0.2, 0.25) is 10.0 Å². The van der Waals surface area contributed by atoms with Gasteiger partial charge in [0.05, 0.1) is 11.3 Å². The molecular formula is C32H34N2O5S. The van der Waals surface area contributed by atoms with Crippen molar-refractivity contribution in [3.05, 3.63) is 120 Å². The molecule has 0 saturated heterocycles. The van der Waals surface area contributed by atoms with Gasteiger partial charge >= 0.3 is 5.97 Å². The molecule has 0 atom stereocenters. The van der Waals surface area contributed by atoms with E-state index in [0.717, 1.165) is 28.3 Å². The van der Waals surface area contributed by atoms with Crippen LogP contribution in [0.15, 0.2) is 108 Å². The molecule has 208 valence electrons. The third-order valence-corrected chi connectivity index (χ3v) is 8.11. The fourth-order valence-electron chi connectivity index (χ4n) is 4.11. The normalized spacial score (nSPS) is 11.4. The van der Waals surface area contributed by atoms with Crippen molar-refractivity contribution in [1.82, 2.24) is 4.31 Å². The Labute approximate surface area is 236 Å². The summed E-state index contributed by atoms with van der Waals surface area (Å²) in [5.41, 5.74) is 2.09. The number of nitrogens with one attached hydrogen (secondary N) is 1. The number of carbonyl (C=O) groups excluding carboxylic acids is 1. The minimum Gasteiger partial charge on any atom is -0.454 e. The number of hydrogen-bond donors (Lipinski definition) is 1. The van der Waals surface area contributed by atoms with Crippen molar-refractivity contribution in [1.29, 1.82) is 0 Å². The van der Waals surface area contributed by atoms with Gasteiger partial charge in [-0.2, -0.15) is 0 Å². The van der Waals surface area contributed by atoms with Crippen molar-refractivity contribution < 1.29 is 22.7 Å². The van der Waals surface area contributed by atoms with E-state index in [4.69, 9.17) is 9.47 Å². The Balaban J connectivity index is 1.82. The minimum atomic E-state index is -4.01. The molecule has 0 saturated carbocycles. The molecule has 0 amide bonds. The molecule has 0 spiro atoms. The van der Waals surface area contributed by atoms with Crippen molar-refractivity contribution in [2.45, 2.75) is 30.8 Å². The number of esters is 1. The number of unbranched alkanes of at least 4 members (excludes halogenated alkanes) is 1. The van der Waals surface area contributed by atoms with Gasteiger partial charge in [-0.1, -0.05) is 92.2 Å². The summed E-state index contributed by atoms with van der Waals surface area (Å²) in [4.78, 5) is 13.6. The first-order valence-corrected chi connectivity index (χ1v) is 14.6. The number of nitrogens with zero attached hydrogens (tertiary/aromatic N) is 1. The molecule has 4 aromatic carbocycles. The summed E-state index contributed by atoms with van der Waals surface area (Å²) in [7, 11) is -1.12. The molecule has 0 aliphatic heterocycles. The smallest absolute Gasteiger partial charge is 0.339 e. The summed E-state index contributed by atoms with van der Waals surface area (Å²) in [6.07, 6.45) is 1.10. The molecule has 0 aromatic heterocycles. The maximum absolute atomic E-state index is 13.7. The lowest BCUT2D eigenvalue weighted by Gasteiger charge is -2.22. The SMILES string of the molecule is CCCCNc1cc(C(=O)OC(c2ccccc2)c2ccccc2)cc(S(=O)(=O)N(C)C)c1Oc1ccccc1. The first kappa shape index (κ1) is 28.9. The zero-order chi connectivity index (χ0) is 28.5. The molecule has 0 aliphatic rings. The van der Waals surface area contributed by atoms with Gasteiger partial charge in [0.15, 0.2) is 11.9 Å². The summed E-state index contributed by atoms with van der Waals surface area (Å²) in [6.45, 7) is 2.63. The molecule has 40 heavy (non-hydrogen) atoms. The average molecular weight is 559 g/mol. The second-order valence-corrected chi connectivity index (χ2v) is 11.6. The summed E-state index contributed by atoms with van der Waals surface area (Å²) in [6, 6.07) is 30.7. The Hall–Kier alpha value is -4.14. The van der Waals surface area contributed by atoms with Crippen molar-refractivity contribution in [2.75, 3.05) is 26.0 Å². The first-order valence-electron chi connectivity index (χ1n) is 13.2. The molecule has 0 aliphatic carbocycles. The van der Waals surface area contributed by atoms with Crippen LogP contribution in [0.1, 0.15) is 47.4 Å². The number of hydrogen-bond acceptors (Lipinski definition) is 6. The standard InChI is InChI=1S/C32H34N2O5S/c1-4-5-21-33-28-22-26(23-29(40(36,37)34(2)3)31(28)38-27-19-13-8-14-20-27)32(35)39-30(24-15-9-6-10-16-24)25-17-11-7-12-18-25/h6-20,22-23,30,33H,4-5,21H2,1-3H3. The maximum atomic E-state index is 13.7. The number of anilines is 1. The maximum Gasteiger partial charge on any atom is 0.339 e. The topological polar surface area (TPSA) is 84.9 Å². The van der Waals surface area contributed by atoms with Gasteiger partial charge < -0.3 is 14.8 Å². The highest BCUT2D eigenvalue weighted by Gasteiger charge is 2.29.